The molecule has 92 valence electrons. The van der Waals surface area contributed by atoms with Gasteiger partial charge in [0.1, 0.15) is 6.04 Å². The predicted octanol–water partition coefficient (Wildman–Crippen LogP) is 1.18. The highest BCUT2D eigenvalue weighted by Crippen LogP contribution is 2.08. The molecule has 0 aliphatic heterocycles. The molecule has 5 nitrogen and oxygen atoms in total. The molecule has 5 heteroatoms. The smallest absolute Gasteiger partial charge is 0.247 e. The van der Waals surface area contributed by atoms with E-state index >= 15 is 0 Å². The van der Waals surface area contributed by atoms with Crippen LogP contribution in [0.4, 0.5) is 5.69 Å². The molecule has 1 aromatic heterocycles. The Morgan fingerprint density at radius 1 is 1.24 bits per heavy atom. The van der Waals surface area contributed by atoms with Gasteiger partial charge in [-0.3, -0.25) is 14.6 Å². The van der Waals surface area contributed by atoms with Crippen LogP contribution in [-0.4, -0.2) is 22.8 Å². The molecule has 2 amide bonds. The van der Waals surface area contributed by atoms with Crippen LogP contribution in [0.3, 0.4) is 0 Å². The van der Waals surface area contributed by atoms with Crippen LogP contribution in [-0.2, 0) is 9.59 Å². The Bertz CT molecular complexity index is 390. The second-order valence-corrected chi connectivity index (χ2v) is 4.15. The van der Waals surface area contributed by atoms with Crippen molar-refractivity contribution in [3.05, 3.63) is 24.5 Å². The van der Waals surface area contributed by atoms with Crippen LogP contribution in [0.1, 0.15) is 20.8 Å². The Balaban J connectivity index is 2.69. The Labute approximate surface area is 101 Å². The number of pyridine rings is 1. The Morgan fingerprint density at radius 3 is 2.29 bits per heavy atom. The van der Waals surface area contributed by atoms with Crippen molar-refractivity contribution in [3.8, 4) is 0 Å². The summed E-state index contributed by atoms with van der Waals surface area (Å²) in [4.78, 5) is 26.8. The number of hydrogen-bond acceptors (Lipinski definition) is 3. The van der Waals surface area contributed by atoms with Crippen molar-refractivity contribution in [2.24, 2.45) is 5.92 Å². The molecular formula is C12H17N3O2. The molecule has 0 saturated carbocycles. The molecule has 0 radical (unpaired) electrons. The maximum atomic E-state index is 11.9. The van der Waals surface area contributed by atoms with Gasteiger partial charge >= 0.3 is 0 Å². The number of nitrogens with one attached hydrogen (secondary N) is 2. The summed E-state index contributed by atoms with van der Waals surface area (Å²) in [6, 6.07) is 2.87. The van der Waals surface area contributed by atoms with Gasteiger partial charge < -0.3 is 10.6 Å². The molecule has 0 aliphatic carbocycles. The number of amides is 2. The standard InChI is InChI=1S/C12H17N3O2/c1-8(2)11(14-9(3)16)12(17)15-10-4-6-13-7-5-10/h4-8,11H,1-3H3,(H,14,16)(H,13,15,17)/t11-/m1/s1. The lowest BCUT2D eigenvalue weighted by Gasteiger charge is -2.20. The summed E-state index contributed by atoms with van der Waals surface area (Å²) in [5, 5.41) is 5.37. The molecule has 1 heterocycles. The lowest BCUT2D eigenvalue weighted by atomic mass is 10.0. The van der Waals surface area contributed by atoms with Crippen molar-refractivity contribution in [2.75, 3.05) is 5.32 Å². The van der Waals surface area contributed by atoms with E-state index in [0.717, 1.165) is 0 Å². The quantitative estimate of drug-likeness (QED) is 0.823. The first-order valence-corrected chi connectivity index (χ1v) is 5.48. The van der Waals surface area contributed by atoms with Gasteiger partial charge in [0.25, 0.3) is 0 Å². The molecule has 1 aromatic rings. The lowest BCUT2D eigenvalue weighted by Crippen LogP contribution is -2.46. The minimum Gasteiger partial charge on any atom is -0.344 e. The largest absolute Gasteiger partial charge is 0.344 e. The zero-order valence-electron chi connectivity index (χ0n) is 10.2. The van der Waals surface area contributed by atoms with Crippen molar-refractivity contribution in [1.82, 2.24) is 10.3 Å². The van der Waals surface area contributed by atoms with E-state index < -0.39 is 6.04 Å². The van der Waals surface area contributed by atoms with E-state index in [4.69, 9.17) is 0 Å². The van der Waals surface area contributed by atoms with Crippen molar-refractivity contribution in [3.63, 3.8) is 0 Å². The van der Waals surface area contributed by atoms with Gasteiger partial charge in [0.05, 0.1) is 0 Å². The summed E-state index contributed by atoms with van der Waals surface area (Å²) < 4.78 is 0. The normalized spacial score (nSPS) is 12.0. The molecule has 0 aliphatic rings. The van der Waals surface area contributed by atoms with E-state index in [-0.39, 0.29) is 17.7 Å². The number of carbonyl (C=O) groups is 2. The van der Waals surface area contributed by atoms with Gasteiger partial charge in [0, 0.05) is 25.0 Å². The van der Waals surface area contributed by atoms with Crippen molar-refractivity contribution < 1.29 is 9.59 Å². The molecule has 1 atom stereocenters. The van der Waals surface area contributed by atoms with Gasteiger partial charge in [-0.2, -0.15) is 0 Å². The van der Waals surface area contributed by atoms with E-state index in [2.05, 4.69) is 15.6 Å². The third kappa shape index (κ3) is 4.22. The molecular weight excluding hydrogens is 218 g/mol. The van der Waals surface area contributed by atoms with E-state index in [1.54, 1.807) is 24.5 Å². The number of hydrogen-bond donors (Lipinski definition) is 2. The average molecular weight is 235 g/mol. The summed E-state index contributed by atoms with van der Waals surface area (Å²) >= 11 is 0. The number of anilines is 1. The molecule has 1 rings (SSSR count). The van der Waals surface area contributed by atoms with Crippen LogP contribution < -0.4 is 10.6 Å². The third-order valence-electron chi connectivity index (χ3n) is 2.26. The van der Waals surface area contributed by atoms with Gasteiger partial charge in [0.2, 0.25) is 11.8 Å². The fourth-order valence-corrected chi connectivity index (χ4v) is 1.41. The summed E-state index contributed by atoms with van der Waals surface area (Å²) in [5.41, 5.74) is 0.668. The van der Waals surface area contributed by atoms with Crippen LogP contribution >= 0.6 is 0 Å². The monoisotopic (exact) mass is 235 g/mol. The summed E-state index contributed by atoms with van der Waals surface area (Å²) in [6.45, 7) is 5.16. The van der Waals surface area contributed by atoms with Crippen LogP contribution in [0, 0.1) is 5.92 Å². The predicted molar refractivity (Wildman–Crippen MR) is 65.3 cm³/mol. The Morgan fingerprint density at radius 2 is 1.82 bits per heavy atom. The SMILES string of the molecule is CC(=O)N[C@@H](C(=O)Nc1ccncc1)C(C)C. The molecule has 17 heavy (non-hydrogen) atoms. The summed E-state index contributed by atoms with van der Waals surface area (Å²) in [7, 11) is 0. The molecule has 0 spiro atoms. The number of nitrogens with zero attached hydrogens (tertiary/aromatic N) is 1. The van der Waals surface area contributed by atoms with Gasteiger partial charge in [0.15, 0.2) is 0 Å². The van der Waals surface area contributed by atoms with Crippen LogP contribution in [0.15, 0.2) is 24.5 Å². The molecule has 0 unspecified atom stereocenters. The Hall–Kier alpha value is -1.91. The fraction of sp³-hybridized carbons (Fsp3) is 0.417. The van der Waals surface area contributed by atoms with E-state index in [0.29, 0.717) is 5.69 Å². The van der Waals surface area contributed by atoms with E-state index in [9.17, 15) is 9.59 Å². The van der Waals surface area contributed by atoms with E-state index in [1.165, 1.54) is 6.92 Å². The summed E-state index contributed by atoms with van der Waals surface area (Å²) in [5.74, 6) is -0.407. The number of carbonyl (C=O) groups excluding carboxylic acids is 2. The first-order valence-electron chi connectivity index (χ1n) is 5.48. The minimum atomic E-state index is -0.527. The molecule has 0 aromatic carbocycles. The molecule has 0 bridgehead atoms. The fourth-order valence-electron chi connectivity index (χ4n) is 1.41. The molecule has 0 fully saturated rings. The van der Waals surface area contributed by atoms with Gasteiger partial charge in [-0.05, 0) is 18.1 Å². The topological polar surface area (TPSA) is 71.1 Å². The zero-order chi connectivity index (χ0) is 12.8. The second kappa shape index (κ2) is 5.98. The second-order valence-electron chi connectivity index (χ2n) is 4.15. The van der Waals surface area contributed by atoms with Gasteiger partial charge in [-0.25, -0.2) is 0 Å². The highest BCUT2D eigenvalue weighted by molar-refractivity contribution is 5.97. The van der Waals surface area contributed by atoms with Gasteiger partial charge in [-0.15, -0.1) is 0 Å². The highest BCUT2D eigenvalue weighted by Gasteiger charge is 2.22. The highest BCUT2D eigenvalue weighted by atomic mass is 16.2. The van der Waals surface area contributed by atoms with Crippen LogP contribution in [0.2, 0.25) is 0 Å². The van der Waals surface area contributed by atoms with Gasteiger partial charge in [-0.1, -0.05) is 13.8 Å². The van der Waals surface area contributed by atoms with Crippen molar-refractivity contribution >= 4 is 17.5 Å². The first kappa shape index (κ1) is 13.2. The van der Waals surface area contributed by atoms with Crippen LogP contribution in [0.25, 0.3) is 0 Å². The average Bonchev–Trinajstić information content (AvgIpc) is 2.26. The zero-order valence-corrected chi connectivity index (χ0v) is 10.2. The van der Waals surface area contributed by atoms with Crippen LogP contribution in [0.5, 0.6) is 0 Å². The van der Waals surface area contributed by atoms with E-state index in [1.807, 2.05) is 13.8 Å². The maximum absolute atomic E-state index is 11.9. The first-order chi connectivity index (χ1) is 8.00. The molecule has 0 saturated heterocycles. The third-order valence-corrected chi connectivity index (χ3v) is 2.26. The lowest BCUT2D eigenvalue weighted by molar-refractivity contribution is -0.126. The summed E-state index contributed by atoms with van der Waals surface area (Å²) in [6.07, 6.45) is 3.19. The minimum absolute atomic E-state index is 0.0285. The number of rotatable bonds is 4. The molecule has 2 N–H and O–H groups in total. The maximum Gasteiger partial charge on any atom is 0.247 e. The van der Waals surface area contributed by atoms with Crippen molar-refractivity contribution in [2.45, 2.75) is 26.8 Å². The number of aromatic nitrogens is 1. The van der Waals surface area contributed by atoms with Crippen molar-refractivity contribution in [1.29, 1.82) is 0 Å². The Kier molecular flexibility index (Phi) is 4.63.